The largest absolute Gasteiger partial charge is 0.249 e. The van der Waals surface area contributed by atoms with Gasteiger partial charge in [0.2, 0.25) is 0 Å². The highest BCUT2D eigenvalue weighted by molar-refractivity contribution is 7.78. The molecule has 0 N–H and O–H groups in total. The smallest absolute Gasteiger partial charge is 0.153 e. The van der Waals surface area contributed by atoms with Crippen LogP contribution >= 0.6 is 12.2 Å². The molecule has 0 fully saturated rings. The molecule has 1 nitrogen and oxygen atoms in total. The minimum atomic E-state index is -1.44. The van der Waals surface area contributed by atoms with Gasteiger partial charge in [-0.2, -0.15) is 4.99 Å². The Labute approximate surface area is 184 Å². The zero-order valence-corrected chi connectivity index (χ0v) is 18.3. The second-order valence-corrected chi connectivity index (χ2v) is 8.21. The first-order valence-corrected chi connectivity index (χ1v) is 10.3. The molecule has 0 radical (unpaired) electrons. The van der Waals surface area contributed by atoms with Crippen LogP contribution in [0.4, 0.5) is 23.2 Å². The lowest BCUT2D eigenvalue weighted by Gasteiger charge is -2.51. The molecule has 0 saturated heterocycles. The van der Waals surface area contributed by atoms with E-state index in [0.29, 0.717) is 28.7 Å². The predicted molar refractivity (Wildman–Crippen MR) is 119 cm³/mol. The summed E-state index contributed by atoms with van der Waals surface area (Å²) in [6.45, 7) is 4.69. The van der Waals surface area contributed by atoms with Crippen molar-refractivity contribution in [1.29, 1.82) is 0 Å². The van der Waals surface area contributed by atoms with Crippen LogP contribution in [0.2, 0.25) is 0 Å². The molecule has 0 aromatic heterocycles. The van der Waals surface area contributed by atoms with Crippen LogP contribution in [0.1, 0.15) is 39.2 Å². The molecule has 0 bridgehead atoms. The maximum atomic E-state index is 14.8. The van der Waals surface area contributed by atoms with Gasteiger partial charge in [-0.1, -0.05) is 51.2 Å². The maximum absolute atomic E-state index is 14.8. The number of hydrogen-bond donors (Lipinski definition) is 0. The van der Waals surface area contributed by atoms with E-state index in [0.717, 1.165) is 18.6 Å². The number of hydrogen-bond acceptors (Lipinski definition) is 2. The highest BCUT2D eigenvalue weighted by Gasteiger charge is 2.59. The predicted octanol–water partition coefficient (Wildman–Crippen LogP) is 7.74. The number of isothiocyanates is 1. The van der Waals surface area contributed by atoms with E-state index in [1.54, 1.807) is 24.3 Å². The molecule has 160 valence electrons. The van der Waals surface area contributed by atoms with Crippen molar-refractivity contribution < 1.29 is 17.6 Å². The van der Waals surface area contributed by atoms with Crippen molar-refractivity contribution >= 4 is 23.1 Å². The normalized spacial score (nSPS) is 19.2. The topological polar surface area (TPSA) is 12.4 Å². The molecule has 0 amide bonds. The quantitative estimate of drug-likeness (QED) is 0.199. The Morgan fingerprint density at radius 3 is 2.10 bits per heavy atom. The van der Waals surface area contributed by atoms with Crippen LogP contribution in [0.5, 0.6) is 0 Å². The fraction of sp³-hybridized carbons (Fsp3) is 0.320. The maximum Gasteiger partial charge on any atom is 0.153 e. The fourth-order valence-corrected chi connectivity index (χ4v) is 4.04. The van der Waals surface area contributed by atoms with Crippen LogP contribution in [-0.2, 0) is 0 Å². The summed E-state index contributed by atoms with van der Waals surface area (Å²) >= 11 is 4.39. The van der Waals surface area contributed by atoms with E-state index in [-0.39, 0.29) is 0 Å². The summed E-state index contributed by atoms with van der Waals surface area (Å²) in [6, 6.07) is 8.88. The molecule has 1 aliphatic carbocycles. The van der Waals surface area contributed by atoms with Gasteiger partial charge in [-0.3, -0.25) is 0 Å². The van der Waals surface area contributed by atoms with Gasteiger partial charge in [0.1, 0.15) is 23.6 Å². The van der Waals surface area contributed by atoms with Crippen molar-refractivity contribution in [3.63, 3.8) is 0 Å². The molecule has 0 spiro atoms. The molecule has 1 aliphatic rings. The molecule has 0 aliphatic heterocycles. The van der Waals surface area contributed by atoms with E-state index < -0.39 is 40.7 Å². The third-order valence-corrected chi connectivity index (χ3v) is 6.07. The van der Waals surface area contributed by atoms with E-state index in [2.05, 4.69) is 29.1 Å². The minimum absolute atomic E-state index is 0.316. The van der Waals surface area contributed by atoms with Gasteiger partial charge in [0, 0.05) is 11.0 Å². The Hall–Kier alpha value is -2.74. The lowest BCUT2D eigenvalue weighted by atomic mass is 9.51. The summed E-state index contributed by atoms with van der Waals surface area (Å²) in [5.41, 5.74) is -0.567. The number of rotatable bonds is 5. The Kier molecular flexibility index (Phi) is 6.50. The average Bonchev–Trinajstić information content (AvgIpc) is 2.75. The van der Waals surface area contributed by atoms with Crippen LogP contribution in [-0.4, -0.2) is 11.8 Å². The van der Waals surface area contributed by atoms with E-state index in [4.69, 9.17) is 0 Å². The van der Waals surface area contributed by atoms with E-state index in [9.17, 15) is 17.6 Å². The van der Waals surface area contributed by atoms with E-state index in [1.807, 2.05) is 25.9 Å². The van der Waals surface area contributed by atoms with Gasteiger partial charge < -0.3 is 0 Å². The number of alkyl halides is 1. The molecule has 0 saturated carbocycles. The zero-order chi connectivity index (χ0) is 22.8. The van der Waals surface area contributed by atoms with Gasteiger partial charge in [0.15, 0.2) is 11.6 Å². The molecule has 2 aromatic rings. The molecule has 0 heterocycles. The van der Waals surface area contributed by atoms with E-state index in [1.165, 1.54) is 0 Å². The highest BCUT2D eigenvalue weighted by Crippen LogP contribution is 2.62. The first-order valence-electron chi connectivity index (χ1n) is 9.88. The van der Waals surface area contributed by atoms with Crippen LogP contribution in [0.25, 0.3) is 11.1 Å². The van der Waals surface area contributed by atoms with Crippen molar-refractivity contribution in [1.82, 2.24) is 0 Å². The molecule has 6 heteroatoms. The van der Waals surface area contributed by atoms with Crippen molar-refractivity contribution in [2.75, 3.05) is 6.67 Å². The van der Waals surface area contributed by atoms with Crippen LogP contribution < -0.4 is 0 Å². The Morgan fingerprint density at radius 2 is 1.61 bits per heavy atom. The summed E-state index contributed by atoms with van der Waals surface area (Å²) in [7, 11) is 0. The summed E-state index contributed by atoms with van der Waals surface area (Å²) < 4.78 is 56.9. The van der Waals surface area contributed by atoms with Gasteiger partial charge >= 0.3 is 0 Å². The van der Waals surface area contributed by atoms with Crippen LogP contribution in [0, 0.1) is 34.3 Å². The lowest BCUT2D eigenvalue weighted by molar-refractivity contribution is 0.0823. The fourth-order valence-electron chi connectivity index (χ4n) is 3.95. The van der Waals surface area contributed by atoms with Gasteiger partial charge in [-0.05, 0) is 59.6 Å². The number of thiocarbonyl (C=S) groups is 1. The zero-order valence-electron chi connectivity index (χ0n) is 17.5. The molecular formula is C25H21F4NS. The molecule has 0 unspecified atom stereocenters. The van der Waals surface area contributed by atoms with Crippen molar-refractivity contribution in [3.05, 3.63) is 65.0 Å². The molecule has 1 atom stereocenters. The monoisotopic (exact) mass is 443 g/mol. The van der Waals surface area contributed by atoms with Crippen LogP contribution in [0.3, 0.4) is 0 Å². The summed E-state index contributed by atoms with van der Waals surface area (Å²) in [6.07, 6.45) is 1.36. The molecule has 3 rings (SSSR count). The molecule has 31 heavy (non-hydrogen) atoms. The van der Waals surface area contributed by atoms with Crippen molar-refractivity contribution in [2.24, 2.45) is 15.8 Å². The first-order chi connectivity index (χ1) is 14.7. The third kappa shape index (κ3) is 3.84. The highest BCUT2D eigenvalue weighted by atomic mass is 32.1. The van der Waals surface area contributed by atoms with Gasteiger partial charge in [0.05, 0.1) is 5.16 Å². The average molecular weight is 444 g/mol. The van der Waals surface area contributed by atoms with Crippen molar-refractivity contribution in [3.8, 4) is 23.0 Å². The summed E-state index contributed by atoms with van der Waals surface area (Å²) in [5, 5.41) is 1.95. The second-order valence-electron chi connectivity index (χ2n) is 8.03. The first kappa shape index (κ1) is 22.9. The Bertz CT molecular complexity index is 1130. The molecule has 2 aromatic carbocycles. The number of nitrogens with zero attached hydrogens (tertiary/aromatic N) is 1. The Morgan fingerprint density at radius 1 is 1.00 bits per heavy atom. The second kappa shape index (κ2) is 8.78. The number of aliphatic imine (C=N–C) groups is 1. The number of benzene rings is 2. The molecular weight excluding hydrogens is 422 g/mol. The van der Waals surface area contributed by atoms with Crippen molar-refractivity contribution in [2.45, 2.75) is 33.6 Å². The minimum Gasteiger partial charge on any atom is -0.249 e. The lowest BCUT2D eigenvalue weighted by Crippen LogP contribution is -2.50. The summed E-state index contributed by atoms with van der Waals surface area (Å²) in [4.78, 5) is 3.39. The third-order valence-electron chi connectivity index (χ3n) is 5.97. The standard InChI is InChI=1S/C25H21F4NS/c1-4-5-19-23(29)25(14-26,24(19,2)3)11-10-16-6-8-17(9-7-16)18-12-20(27)22(30-15-31)21(28)13-18/h6-9,12-13H,4-5,14H2,1-3H3/t25-/m1/s1. The van der Waals surface area contributed by atoms with Gasteiger partial charge in [-0.15, -0.1) is 0 Å². The number of halogens is 4. The van der Waals surface area contributed by atoms with Gasteiger partial charge in [0.25, 0.3) is 0 Å². The van der Waals surface area contributed by atoms with Gasteiger partial charge in [-0.25, -0.2) is 17.6 Å². The van der Waals surface area contributed by atoms with Crippen LogP contribution in [0.15, 0.2) is 52.8 Å². The SMILES string of the molecule is CCCC1=C(F)[C@@](C#Cc2ccc(-c3cc(F)c(N=C=S)c(F)c3)cc2)(CF)C1(C)C. The number of allylic oxidation sites excluding steroid dienone is 2. The Balaban J connectivity index is 1.91. The summed E-state index contributed by atoms with van der Waals surface area (Å²) in [5.74, 6) is 3.53. The van der Waals surface area contributed by atoms with E-state index >= 15 is 0 Å².